The molecule has 0 radical (unpaired) electrons. The number of carboxylic acids is 1. The summed E-state index contributed by atoms with van der Waals surface area (Å²) in [5, 5.41) is 19.3. The van der Waals surface area contributed by atoms with Gasteiger partial charge < -0.3 is 19.8 Å². The minimum atomic E-state index is -0.866. The van der Waals surface area contributed by atoms with Crippen molar-refractivity contribution in [1.29, 1.82) is 0 Å². The van der Waals surface area contributed by atoms with Crippen molar-refractivity contribution in [3.8, 4) is 11.5 Å². The summed E-state index contributed by atoms with van der Waals surface area (Å²) in [5.74, 6) is -0.191. The zero-order chi connectivity index (χ0) is 23.6. The lowest BCUT2D eigenvalue weighted by molar-refractivity contribution is -0.137. The minimum absolute atomic E-state index is 0.0575. The van der Waals surface area contributed by atoms with Crippen molar-refractivity contribution in [2.75, 3.05) is 6.54 Å². The standard InChI is InChI=1S/C26H30FNO5/c27-20-8-6-10-23(18-20)33-22-9-5-7-19(17-22)24(29)14-12-21-13-15-25(30)28(21)16-4-2-1-3-11-26(31)32/h5-10,12,14,17-18,21,24,29H,1-4,11,13,15-16H2,(H,31,32)/t21?,24-/m1/s1. The van der Waals surface area contributed by atoms with Crippen molar-refractivity contribution in [2.24, 2.45) is 0 Å². The van der Waals surface area contributed by atoms with Gasteiger partial charge in [-0.3, -0.25) is 9.59 Å². The van der Waals surface area contributed by atoms with Gasteiger partial charge in [-0.1, -0.05) is 43.2 Å². The maximum absolute atomic E-state index is 13.4. The number of aliphatic hydroxyl groups is 1. The van der Waals surface area contributed by atoms with Crippen LogP contribution in [0.4, 0.5) is 4.39 Å². The largest absolute Gasteiger partial charge is 0.481 e. The predicted molar refractivity (Wildman–Crippen MR) is 122 cm³/mol. The molecule has 7 heteroatoms. The third kappa shape index (κ3) is 7.71. The number of ether oxygens (including phenoxy) is 1. The topological polar surface area (TPSA) is 87.1 Å². The van der Waals surface area contributed by atoms with Crippen molar-refractivity contribution >= 4 is 11.9 Å². The molecule has 1 amide bonds. The lowest BCUT2D eigenvalue weighted by atomic mass is 10.1. The number of likely N-dealkylation sites (tertiary alicyclic amines) is 1. The van der Waals surface area contributed by atoms with Gasteiger partial charge in [0.25, 0.3) is 0 Å². The molecular weight excluding hydrogens is 425 g/mol. The summed E-state index contributed by atoms with van der Waals surface area (Å²) in [4.78, 5) is 24.7. The molecule has 1 heterocycles. The van der Waals surface area contributed by atoms with E-state index >= 15 is 0 Å². The number of aliphatic hydroxyl groups excluding tert-OH is 1. The molecule has 2 N–H and O–H groups in total. The Morgan fingerprint density at radius 1 is 1.12 bits per heavy atom. The molecule has 6 nitrogen and oxygen atoms in total. The van der Waals surface area contributed by atoms with Crippen LogP contribution in [0.15, 0.2) is 60.7 Å². The third-order valence-electron chi connectivity index (χ3n) is 5.66. The number of aliphatic carboxylic acids is 1. The van der Waals surface area contributed by atoms with Crippen molar-refractivity contribution < 1.29 is 28.9 Å². The second-order valence-corrected chi connectivity index (χ2v) is 8.21. The van der Waals surface area contributed by atoms with Gasteiger partial charge in [-0.15, -0.1) is 0 Å². The first kappa shape index (κ1) is 24.5. The van der Waals surface area contributed by atoms with E-state index in [4.69, 9.17) is 9.84 Å². The van der Waals surface area contributed by atoms with Gasteiger partial charge in [-0.05, 0) is 49.1 Å². The number of halogens is 1. The van der Waals surface area contributed by atoms with E-state index in [1.54, 1.807) is 42.5 Å². The summed E-state index contributed by atoms with van der Waals surface area (Å²) >= 11 is 0. The molecule has 33 heavy (non-hydrogen) atoms. The highest BCUT2D eigenvalue weighted by Crippen LogP contribution is 2.27. The molecule has 2 aromatic rings. The lowest BCUT2D eigenvalue weighted by Gasteiger charge is -2.22. The summed E-state index contributed by atoms with van der Waals surface area (Å²) < 4.78 is 19.1. The zero-order valence-corrected chi connectivity index (χ0v) is 18.5. The Labute approximate surface area is 193 Å². The second-order valence-electron chi connectivity index (χ2n) is 8.21. The van der Waals surface area contributed by atoms with Crippen LogP contribution in [-0.2, 0) is 9.59 Å². The van der Waals surface area contributed by atoms with Crippen molar-refractivity contribution in [3.05, 3.63) is 72.1 Å². The van der Waals surface area contributed by atoms with Crippen molar-refractivity contribution in [2.45, 2.75) is 57.1 Å². The summed E-state index contributed by atoms with van der Waals surface area (Å²) in [6.07, 6.45) is 7.28. The van der Waals surface area contributed by atoms with E-state index in [1.807, 2.05) is 11.0 Å². The van der Waals surface area contributed by atoms with Crippen LogP contribution < -0.4 is 4.74 Å². The van der Waals surface area contributed by atoms with Crippen LogP contribution in [0.2, 0.25) is 0 Å². The summed E-state index contributed by atoms with van der Waals surface area (Å²) in [6.45, 7) is 0.633. The molecule has 3 rings (SSSR count). The molecule has 176 valence electrons. The monoisotopic (exact) mass is 455 g/mol. The van der Waals surface area contributed by atoms with Crippen LogP contribution in [0.3, 0.4) is 0 Å². The molecule has 1 saturated heterocycles. The Bertz CT molecular complexity index is 977. The van der Waals surface area contributed by atoms with Crippen LogP contribution in [0.1, 0.15) is 56.6 Å². The SMILES string of the molecule is O=C(O)CCCCCCN1C(=O)CCC1C=C[C@@H](O)c1cccc(Oc2cccc(F)c2)c1. The summed E-state index contributed by atoms with van der Waals surface area (Å²) in [6, 6.07) is 12.8. The molecule has 1 unspecified atom stereocenters. The van der Waals surface area contributed by atoms with Gasteiger partial charge in [0.2, 0.25) is 5.91 Å². The smallest absolute Gasteiger partial charge is 0.303 e. The van der Waals surface area contributed by atoms with Gasteiger partial charge in [0.05, 0.1) is 12.1 Å². The third-order valence-corrected chi connectivity index (χ3v) is 5.66. The minimum Gasteiger partial charge on any atom is -0.481 e. The normalized spacial score (nSPS) is 17.0. The lowest BCUT2D eigenvalue weighted by Crippen LogP contribution is -2.32. The van der Waals surface area contributed by atoms with Crippen LogP contribution in [-0.4, -0.2) is 39.6 Å². The molecule has 0 aliphatic carbocycles. The molecule has 0 bridgehead atoms. The molecule has 0 spiro atoms. The van der Waals surface area contributed by atoms with E-state index in [-0.39, 0.29) is 24.2 Å². The Morgan fingerprint density at radius 3 is 2.61 bits per heavy atom. The highest BCUT2D eigenvalue weighted by atomic mass is 19.1. The first-order valence-electron chi connectivity index (χ1n) is 11.3. The van der Waals surface area contributed by atoms with E-state index in [0.717, 1.165) is 19.3 Å². The van der Waals surface area contributed by atoms with Gasteiger partial charge in [-0.25, -0.2) is 4.39 Å². The number of carboxylic acid groups (broad SMARTS) is 1. The fraction of sp³-hybridized carbons (Fsp3) is 0.385. The Hall–Kier alpha value is -3.19. The van der Waals surface area contributed by atoms with E-state index in [9.17, 15) is 19.1 Å². The zero-order valence-electron chi connectivity index (χ0n) is 18.5. The van der Waals surface area contributed by atoms with E-state index in [1.165, 1.54) is 12.1 Å². The highest BCUT2D eigenvalue weighted by Gasteiger charge is 2.28. The van der Waals surface area contributed by atoms with Crippen LogP contribution in [0.5, 0.6) is 11.5 Å². The molecule has 0 saturated carbocycles. The highest BCUT2D eigenvalue weighted by molar-refractivity contribution is 5.79. The Kier molecular flexibility index (Phi) is 9.01. The number of nitrogens with zero attached hydrogens (tertiary/aromatic N) is 1. The van der Waals surface area contributed by atoms with Crippen LogP contribution >= 0.6 is 0 Å². The van der Waals surface area contributed by atoms with E-state index in [0.29, 0.717) is 42.9 Å². The number of carbonyl (C=O) groups is 2. The van der Waals surface area contributed by atoms with Crippen molar-refractivity contribution in [3.63, 3.8) is 0 Å². The molecule has 1 aliphatic heterocycles. The maximum atomic E-state index is 13.4. The predicted octanol–water partition coefficient (Wildman–Crippen LogP) is 5.23. The summed E-state index contributed by atoms with van der Waals surface area (Å²) in [7, 11) is 0. The molecule has 1 aliphatic rings. The average molecular weight is 456 g/mol. The number of carbonyl (C=O) groups excluding carboxylic acids is 1. The molecule has 2 aromatic carbocycles. The maximum Gasteiger partial charge on any atom is 0.303 e. The van der Waals surface area contributed by atoms with Gasteiger partial charge in [0.15, 0.2) is 0 Å². The van der Waals surface area contributed by atoms with E-state index in [2.05, 4.69) is 0 Å². The molecular formula is C26H30FNO5. The molecule has 2 atom stereocenters. The first-order chi connectivity index (χ1) is 15.9. The van der Waals surface area contributed by atoms with E-state index < -0.39 is 12.1 Å². The number of rotatable bonds is 12. The Balaban J connectivity index is 1.53. The number of amides is 1. The quantitative estimate of drug-likeness (QED) is 0.338. The van der Waals surface area contributed by atoms with Gasteiger partial charge in [0.1, 0.15) is 17.3 Å². The first-order valence-corrected chi connectivity index (χ1v) is 11.3. The second kappa shape index (κ2) is 12.2. The van der Waals surface area contributed by atoms with Gasteiger partial charge in [0, 0.05) is 25.5 Å². The van der Waals surface area contributed by atoms with Gasteiger partial charge >= 0.3 is 5.97 Å². The molecule has 1 fully saturated rings. The van der Waals surface area contributed by atoms with Crippen molar-refractivity contribution in [1.82, 2.24) is 4.90 Å². The number of hydrogen-bond acceptors (Lipinski definition) is 4. The van der Waals surface area contributed by atoms with Crippen LogP contribution in [0.25, 0.3) is 0 Å². The molecule has 0 aromatic heterocycles. The van der Waals surface area contributed by atoms with Crippen LogP contribution in [0, 0.1) is 5.82 Å². The summed E-state index contributed by atoms with van der Waals surface area (Å²) in [5.41, 5.74) is 0.634. The Morgan fingerprint density at radius 2 is 1.85 bits per heavy atom. The number of hydrogen-bond donors (Lipinski definition) is 2. The van der Waals surface area contributed by atoms with Gasteiger partial charge in [-0.2, -0.15) is 0 Å². The fourth-order valence-electron chi connectivity index (χ4n) is 3.93. The number of unbranched alkanes of at least 4 members (excludes halogenated alkanes) is 3. The average Bonchev–Trinajstić information content (AvgIpc) is 3.13. The fourth-order valence-corrected chi connectivity index (χ4v) is 3.93. The number of benzene rings is 2.